The number of carbonyl (C=O) groups excluding carboxylic acids is 3. The first-order valence-electron chi connectivity index (χ1n) is 25.1. The van der Waals surface area contributed by atoms with Crippen LogP contribution < -0.4 is 0 Å². The van der Waals surface area contributed by atoms with Crippen molar-refractivity contribution in [3.8, 4) is 0 Å². The molecule has 0 fully saturated rings. The van der Waals surface area contributed by atoms with E-state index in [1.165, 1.54) is 116 Å². The maximum absolute atomic E-state index is 12.8. The van der Waals surface area contributed by atoms with Crippen molar-refractivity contribution in [2.75, 3.05) is 13.2 Å². The van der Waals surface area contributed by atoms with Gasteiger partial charge in [-0.25, -0.2) is 0 Å². The standard InChI is InChI=1S/C53H94O6/c1-4-7-10-13-16-19-22-24-26-28-31-34-37-40-43-46-52(55)58-49-50(48-57-51(54)45-42-39-36-33-30-21-18-15-12-9-6-3)59-53(56)47-44-41-38-35-32-29-27-25-23-20-17-14-11-8-5-2/h15-16,18-19,24-27,50H,4-14,17,20-23,28-49H2,1-3H3/b18-15-,19-16-,26-24-,27-25-/t50-/m1/s1. The molecular weight excluding hydrogens is 733 g/mol. The van der Waals surface area contributed by atoms with Gasteiger partial charge in [-0.15, -0.1) is 0 Å². The van der Waals surface area contributed by atoms with Gasteiger partial charge in [-0.1, -0.05) is 185 Å². The average molecular weight is 827 g/mol. The summed E-state index contributed by atoms with van der Waals surface area (Å²) in [7, 11) is 0. The van der Waals surface area contributed by atoms with Crippen LogP contribution in [0, 0.1) is 0 Å². The zero-order valence-corrected chi connectivity index (χ0v) is 39.0. The molecule has 0 rings (SSSR count). The van der Waals surface area contributed by atoms with Crippen LogP contribution in [0.15, 0.2) is 48.6 Å². The summed E-state index contributed by atoms with van der Waals surface area (Å²) in [5, 5.41) is 0. The molecule has 0 heterocycles. The maximum Gasteiger partial charge on any atom is 0.306 e. The largest absolute Gasteiger partial charge is 0.462 e. The third-order valence-corrected chi connectivity index (χ3v) is 10.8. The van der Waals surface area contributed by atoms with Crippen LogP contribution in [0.4, 0.5) is 0 Å². The van der Waals surface area contributed by atoms with Gasteiger partial charge in [-0.3, -0.25) is 14.4 Å². The van der Waals surface area contributed by atoms with E-state index in [1.54, 1.807) is 0 Å². The predicted octanol–water partition coefficient (Wildman–Crippen LogP) is 16.3. The van der Waals surface area contributed by atoms with Crippen molar-refractivity contribution in [1.29, 1.82) is 0 Å². The van der Waals surface area contributed by atoms with Crippen molar-refractivity contribution in [2.24, 2.45) is 0 Å². The first-order valence-corrected chi connectivity index (χ1v) is 25.1. The number of ether oxygens (including phenoxy) is 3. The lowest BCUT2D eigenvalue weighted by atomic mass is 10.1. The molecule has 0 saturated carbocycles. The fourth-order valence-electron chi connectivity index (χ4n) is 6.92. The number of allylic oxidation sites excluding steroid dienone is 8. The molecule has 59 heavy (non-hydrogen) atoms. The molecule has 0 N–H and O–H groups in total. The Hall–Kier alpha value is -2.63. The number of rotatable bonds is 45. The van der Waals surface area contributed by atoms with Crippen molar-refractivity contribution < 1.29 is 28.6 Å². The summed E-state index contributed by atoms with van der Waals surface area (Å²) in [6, 6.07) is 0. The van der Waals surface area contributed by atoms with Gasteiger partial charge in [0.25, 0.3) is 0 Å². The number of unbranched alkanes of at least 4 members (excludes halogenated alkanes) is 26. The van der Waals surface area contributed by atoms with Crippen molar-refractivity contribution in [3.63, 3.8) is 0 Å². The van der Waals surface area contributed by atoms with Crippen molar-refractivity contribution in [1.82, 2.24) is 0 Å². The van der Waals surface area contributed by atoms with Gasteiger partial charge in [0.15, 0.2) is 6.10 Å². The van der Waals surface area contributed by atoms with Gasteiger partial charge in [-0.2, -0.15) is 0 Å². The quantitative estimate of drug-likeness (QED) is 0.0263. The lowest BCUT2D eigenvalue weighted by Gasteiger charge is -2.18. The molecule has 0 aliphatic heterocycles. The minimum atomic E-state index is -0.784. The van der Waals surface area contributed by atoms with Crippen LogP contribution in [0.5, 0.6) is 0 Å². The third-order valence-electron chi connectivity index (χ3n) is 10.8. The summed E-state index contributed by atoms with van der Waals surface area (Å²) in [6.45, 7) is 6.54. The lowest BCUT2D eigenvalue weighted by molar-refractivity contribution is -0.167. The van der Waals surface area contributed by atoms with E-state index in [-0.39, 0.29) is 31.1 Å². The average Bonchev–Trinajstić information content (AvgIpc) is 3.23. The van der Waals surface area contributed by atoms with E-state index in [4.69, 9.17) is 14.2 Å². The Kier molecular flexibility index (Phi) is 45.9. The summed E-state index contributed by atoms with van der Waals surface area (Å²) < 4.78 is 16.7. The van der Waals surface area contributed by atoms with E-state index in [9.17, 15) is 14.4 Å². The number of hydrogen-bond acceptors (Lipinski definition) is 6. The number of esters is 3. The molecule has 0 unspecified atom stereocenters. The van der Waals surface area contributed by atoms with Crippen LogP contribution in [-0.2, 0) is 28.6 Å². The van der Waals surface area contributed by atoms with E-state index in [2.05, 4.69) is 69.4 Å². The third kappa shape index (κ3) is 46.3. The second-order valence-corrected chi connectivity index (χ2v) is 16.7. The van der Waals surface area contributed by atoms with Gasteiger partial charge in [0, 0.05) is 19.3 Å². The van der Waals surface area contributed by atoms with E-state index in [0.717, 1.165) is 96.3 Å². The second-order valence-electron chi connectivity index (χ2n) is 16.7. The smallest absolute Gasteiger partial charge is 0.306 e. The van der Waals surface area contributed by atoms with E-state index in [1.807, 2.05) is 0 Å². The Morgan fingerprint density at radius 3 is 1.03 bits per heavy atom. The Bertz CT molecular complexity index is 1040. The minimum absolute atomic E-state index is 0.0850. The zero-order valence-electron chi connectivity index (χ0n) is 39.0. The van der Waals surface area contributed by atoms with Crippen LogP contribution in [0.2, 0.25) is 0 Å². The molecule has 0 aromatic heterocycles. The zero-order chi connectivity index (χ0) is 43.0. The van der Waals surface area contributed by atoms with E-state index in [0.29, 0.717) is 19.3 Å². The maximum atomic E-state index is 12.8. The summed E-state index contributed by atoms with van der Waals surface area (Å²) in [6.07, 6.45) is 56.6. The van der Waals surface area contributed by atoms with Gasteiger partial charge >= 0.3 is 17.9 Å². The molecule has 1 atom stereocenters. The highest BCUT2D eigenvalue weighted by Gasteiger charge is 2.19. The number of hydrogen-bond donors (Lipinski definition) is 0. The SMILES string of the molecule is CCCC/C=C\CCCCCCCC(=O)OC[C@H](COC(=O)CCCCCCC/C=C\C/C=C\CCCCC)OC(=O)CCCCCCC/C=C\CCCCCCCC. The molecule has 0 spiro atoms. The predicted molar refractivity (Wildman–Crippen MR) is 252 cm³/mol. The second kappa shape index (κ2) is 48.0. The van der Waals surface area contributed by atoms with Crippen LogP contribution in [0.3, 0.4) is 0 Å². The molecule has 0 amide bonds. The monoisotopic (exact) mass is 827 g/mol. The Labute approximate surface area is 365 Å². The van der Waals surface area contributed by atoms with Gasteiger partial charge in [-0.05, 0) is 96.3 Å². The highest BCUT2D eigenvalue weighted by atomic mass is 16.6. The van der Waals surface area contributed by atoms with Crippen LogP contribution in [0.25, 0.3) is 0 Å². The molecule has 6 nitrogen and oxygen atoms in total. The van der Waals surface area contributed by atoms with Gasteiger partial charge in [0.1, 0.15) is 13.2 Å². The molecule has 0 bridgehead atoms. The molecule has 0 aromatic carbocycles. The Balaban J connectivity index is 4.40. The summed E-state index contributed by atoms with van der Waals surface area (Å²) in [5.74, 6) is -0.913. The normalized spacial score (nSPS) is 12.4. The van der Waals surface area contributed by atoms with Crippen LogP contribution >= 0.6 is 0 Å². The summed E-state index contributed by atoms with van der Waals surface area (Å²) in [5.41, 5.74) is 0. The molecule has 0 saturated heterocycles. The summed E-state index contributed by atoms with van der Waals surface area (Å²) >= 11 is 0. The number of carbonyl (C=O) groups is 3. The Morgan fingerprint density at radius 1 is 0.339 bits per heavy atom. The molecular formula is C53H94O6. The molecule has 0 radical (unpaired) electrons. The van der Waals surface area contributed by atoms with Crippen LogP contribution in [-0.4, -0.2) is 37.2 Å². The fourth-order valence-corrected chi connectivity index (χ4v) is 6.92. The highest BCUT2D eigenvalue weighted by molar-refractivity contribution is 5.71. The molecule has 0 aliphatic carbocycles. The van der Waals surface area contributed by atoms with Crippen molar-refractivity contribution in [3.05, 3.63) is 48.6 Å². The van der Waals surface area contributed by atoms with Gasteiger partial charge in [0.05, 0.1) is 0 Å². The van der Waals surface area contributed by atoms with Gasteiger partial charge in [0.2, 0.25) is 0 Å². The minimum Gasteiger partial charge on any atom is -0.462 e. The molecule has 6 heteroatoms. The van der Waals surface area contributed by atoms with E-state index < -0.39 is 6.10 Å². The van der Waals surface area contributed by atoms with Crippen molar-refractivity contribution in [2.45, 2.75) is 258 Å². The summed E-state index contributed by atoms with van der Waals surface area (Å²) in [4.78, 5) is 37.9. The topological polar surface area (TPSA) is 78.9 Å². The first-order chi connectivity index (χ1) is 29.0. The van der Waals surface area contributed by atoms with Gasteiger partial charge < -0.3 is 14.2 Å². The highest BCUT2D eigenvalue weighted by Crippen LogP contribution is 2.14. The Morgan fingerprint density at radius 2 is 0.627 bits per heavy atom. The first kappa shape index (κ1) is 56.4. The van der Waals surface area contributed by atoms with E-state index >= 15 is 0 Å². The molecule has 0 aliphatic rings. The van der Waals surface area contributed by atoms with Crippen LogP contribution in [0.1, 0.15) is 252 Å². The lowest BCUT2D eigenvalue weighted by Crippen LogP contribution is -2.30. The molecule has 342 valence electrons. The molecule has 0 aromatic rings. The van der Waals surface area contributed by atoms with Crippen molar-refractivity contribution >= 4 is 17.9 Å². The fraction of sp³-hybridized carbons (Fsp3) is 0.792.